The van der Waals surface area contributed by atoms with Crippen molar-refractivity contribution in [1.29, 1.82) is 0 Å². The van der Waals surface area contributed by atoms with E-state index in [9.17, 15) is 31.9 Å². The van der Waals surface area contributed by atoms with Crippen LogP contribution >= 0.6 is 11.6 Å². The molecule has 0 bridgehead atoms. The maximum absolute atomic E-state index is 13.8. The molecule has 0 aliphatic carbocycles. The third-order valence-corrected chi connectivity index (χ3v) is 7.87. The van der Waals surface area contributed by atoms with Crippen LogP contribution in [0.5, 0.6) is 0 Å². The van der Waals surface area contributed by atoms with Crippen molar-refractivity contribution in [1.82, 2.24) is 4.90 Å². The molecule has 16 heteroatoms. The number of hydrogen-bond donors (Lipinski definition) is 3. The molecule has 3 atom stereocenters. The van der Waals surface area contributed by atoms with Crippen molar-refractivity contribution in [2.45, 2.75) is 43.2 Å². The molecule has 0 radical (unpaired) electrons. The van der Waals surface area contributed by atoms with Crippen LogP contribution in [-0.4, -0.2) is 56.0 Å². The Balaban J connectivity index is 1.49. The van der Waals surface area contributed by atoms with Gasteiger partial charge in [0.1, 0.15) is 22.3 Å². The first kappa shape index (κ1) is 31.2. The standard InChI is InChI=1S/C26H26ClF2N3O9S/c1-14-12-41-26(35,16-6-17(28)8-18(29)7-16)15(2)32(14)25(34)40-13-39-24(33)20-9-23(42(30,36)37)21(27)10-22(20)31-11-19-4-3-5-38-19/h3-10,14-15,31,35H,11-13H2,1-2H3,(H2,30,36,37)/t14-,15?,26?/m1/s1. The number of nitrogens with zero attached hydrogens (tertiary/aromatic N) is 1. The van der Waals surface area contributed by atoms with Gasteiger partial charge in [-0.1, -0.05) is 11.6 Å². The number of aliphatic hydroxyl groups is 1. The fourth-order valence-electron chi connectivity index (χ4n) is 4.41. The molecule has 4 N–H and O–H groups in total. The third-order valence-electron chi connectivity index (χ3n) is 6.49. The number of anilines is 1. The average molecular weight is 630 g/mol. The zero-order chi connectivity index (χ0) is 30.8. The highest BCUT2D eigenvalue weighted by Gasteiger charge is 2.49. The van der Waals surface area contributed by atoms with Crippen LogP contribution in [0, 0.1) is 11.6 Å². The lowest BCUT2D eigenvalue weighted by Crippen LogP contribution is -2.62. The second-order valence-electron chi connectivity index (χ2n) is 9.36. The molecule has 0 spiro atoms. The lowest BCUT2D eigenvalue weighted by molar-refractivity contribution is -0.280. The largest absolute Gasteiger partial charge is 0.467 e. The van der Waals surface area contributed by atoms with Crippen molar-refractivity contribution in [3.05, 3.63) is 82.3 Å². The fraction of sp³-hybridized carbons (Fsp3) is 0.308. The van der Waals surface area contributed by atoms with E-state index in [2.05, 4.69) is 5.32 Å². The Hall–Kier alpha value is -3.76. The molecule has 3 aromatic rings. The number of rotatable bonds is 8. The molecule has 12 nitrogen and oxygen atoms in total. The summed E-state index contributed by atoms with van der Waals surface area (Å²) in [6.45, 7) is 1.91. The lowest BCUT2D eigenvalue weighted by atomic mass is 9.94. The van der Waals surface area contributed by atoms with Gasteiger partial charge in [0, 0.05) is 11.6 Å². The van der Waals surface area contributed by atoms with Crippen LogP contribution in [0.25, 0.3) is 0 Å². The second-order valence-corrected chi connectivity index (χ2v) is 11.3. The molecular weight excluding hydrogens is 604 g/mol. The van der Waals surface area contributed by atoms with Crippen LogP contribution in [-0.2, 0) is 36.6 Å². The number of carbonyl (C=O) groups is 2. The molecule has 1 aliphatic heterocycles. The number of furan rings is 1. The minimum Gasteiger partial charge on any atom is -0.467 e. The van der Waals surface area contributed by atoms with Crippen molar-refractivity contribution in [3.63, 3.8) is 0 Å². The number of hydrogen-bond acceptors (Lipinski definition) is 10. The summed E-state index contributed by atoms with van der Waals surface area (Å²) in [7, 11) is -4.33. The Morgan fingerprint density at radius 1 is 1.19 bits per heavy atom. The van der Waals surface area contributed by atoms with E-state index in [0.717, 1.165) is 23.1 Å². The molecular formula is C26H26ClF2N3O9S. The molecule has 42 heavy (non-hydrogen) atoms. The summed E-state index contributed by atoms with van der Waals surface area (Å²) in [4.78, 5) is 26.5. The lowest BCUT2D eigenvalue weighted by Gasteiger charge is -2.47. The molecule has 2 unspecified atom stereocenters. The Bertz CT molecular complexity index is 1570. The van der Waals surface area contributed by atoms with Crippen LogP contribution in [0.3, 0.4) is 0 Å². The molecule has 226 valence electrons. The van der Waals surface area contributed by atoms with Crippen LogP contribution in [0.15, 0.2) is 58.0 Å². The van der Waals surface area contributed by atoms with E-state index in [1.165, 1.54) is 19.3 Å². The summed E-state index contributed by atoms with van der Waals surface area (Å²) in [5.41, 5.74) is -0.476. The summed E-state index contributed by atoms with van der Waals surface area (Å²) < 4.78 is 72.5. The van der Waals surface area contributed by atoms with Gasteiger partial charge in [-0.05, 0) is 50.2 Å². The van der Waals surface area contributed by atoms with Gasteiger partial charge in [0.05, 0.1) is 47.8 Å². The van der Waals surface area contributed by atoms with Crippen molar-refractivity contribution >= 4 is 39.4 Å². The van der Waals surface area contributed by atoms with Crippen LogP contribution in [0.2, 0.25) is 5.02 Å². The number of carbonyl (C=O) groups excluding carboxylic acids is 2. The van der Waals surface area contributed by atoms with E-state index in [-0.39, 0.29) is 35.0 Å². The van der Waals surface area contributed by atoms with E-state index in [0.29, 0.717) is 11.8 Å². The Morgan fingerprint density at radius 2 is 1.88 bits per heavy atom. The Kier molecular flexibility index (Phi) is 9.08. The number of primary sulfonamides is 1. The molecule has 2 heterocycles. The summed E-state index contributed by atoms with van der Waals surface area (Å²) in [5.74, 6) is -4.81. The number of halogens is 3. The second kappa shape index (κ2) is 12.2. The highest BCUT2D eigenvalue weighted by Crippen LogP contribution is 2.36. The minimum atomic E-state index is -4.33. The fourth-order valence-corrected chi connectivity index (χ4v) is 5.51. The highest BCUT2D eigenvalue weighted by atomic mass is 35.5. The van der Waals surface area contributed by atoms with Gasteiger partial charge in [-0.15, -0.1) is 0 Å². The van der Waals surface area contributed by atoms with Crippen molar-refractivity contribution in [3.8, 4) is 0 Å². The van der Waals surface area contributed by atoms with E-state index in [4.69, 9.17) is 35.4 Å². The summed E-state index contributed by atoms with van der Waals surface area (Å²) >= 11 is 6.07. The normalized spacial score (nSPS) is 20.7. The Morgan fingerprint density at radius 3 is 2.50 bits per heavy atom. The van der Waals surface area contributed by atoms with Gasteiger partial charge in [0.25, 0.3) is 0 Å². The first-order chi connectivity index (χ1) is 19.7. The van der Waals surface area contributed by atoms with Crippen molar-refractivity contribution in [2.24, 2.45) is 5.14 Å². The number of nitrogens with two attached hydrogens (primary N) is 1. The minimum absolute atomic E-state index is 0.0722. The molecule has 1 saturated heterocycles. The van der Waals surface area contributed by atoms with E-state index in [1.54, 1.807) is 19.1 Å². The van der Waals surface area contributed by atoms with Gasteiger partial charge in [-0.3, -0.25) is 4.90 Å². The van der Waals surface area contributed by atoms with Crippen LogP contribution < -0.4 is 10.5 Å². The topological polar surface area (TPSA) is 171 Å². The summed E-state index contributed by atoms with van der Waals surface area (Å²) in [6.07, 6.45) is 0.393. The SMILES string of the molecule is CC1N(C(=O)OCOC(=O)c2cc(S(N)(=O)=O)c(Cl)cc2NCc2ccco2)[C@H](C)COC1(O)c1cc(F)cc(F)c1. The molecule has 1 aliphatic rings. The zero-order valence-corrected chi connectivity index (χ0v) is 23.7. The van der Waals surface area contributed by atoms with Crippen LogP contribution in [0.1, 0.15) is 35.5 Å². The predicted octanol–water partition coefficient (Wildman–Crippen LogP) is 3.68. The Labute approximate surface area is 243 Å². The van der Waals surface area contributed by atoms with Gasteiger partial charge in [0.2, 0.25) is 22.6 Å². The maximum atomic E-state index is 13.8. The molecule has 1 aromatic heterocycles. The summed E-state index contributed by atoms with van der Waals surface area (Å²) in [5, 5.41) is 19.0. The number of amides is 1. The van der Waals surface area contributed by atoms with Crippen molar-refractivity contribution < 1.29 is 50.5 Å². The van der Waals surface area contributed by atoms with Crippen molar-refractivity contribution in [2.75, 3.05) is 18.7 Å². The van der Waals surface area contributed by atoms with Gasteiger partial charge in [0.15, 0.2) is 0 Å². The van der Waals surface area contributed by atoms with Gasteiger partial charge in [-0.2, -0.15) is 0 Å². The number of morpholine rings is 1. The molecule has 4 rings (SSSR count). The van der Waals surface area contributed by atoms with Gasteiger partial charge >= 0.3 is 12.1 Å². The van der Waals surface area contributed by atoms with E-state index < -0.39 is 63.3 Å². The zero-order valence-electron chi connectivity index (χ0n) is 22.2. The first-order valence-corrected chi connectivity index (χ1v) is 14.2. The molecule has 1 fully saturated rings. The summed E-state index contributed by atoms with van der Waals surface area (Å²) in [6, 6.07) is 5.89. The van der Waals surface area contributed by atoms with Crippen LogP contribution in [0.4, 0.5) is 19.3 Å². The molecule has 2 aromatic carbocycles. The number of nitrogens with one attached hydrogen (secondary N) is 1. The monoisotopic (exact) mass is 629 g/mol. The van der Waals surface area contributed by atoms with E-state index >= 15 is 0 Å². The highest BCUT2D eigenvalue weighted by molar-refractivity contribution is 7.89. The smallest absolute Gasteiger partial charge is 0.413 e. The maximum Gasteiger partial charge on any atom is 0.413 e. The quantitative estimate of drug-likeness (QED) is 0.247. The third kappa shape index (κ3) is 6.65. The first-order valence-electron chi connectivity index (χ1n) is 12.3. The number of ether oxygens (including phenoxy) is 3. The number of sulfonamides is 1. The molecule has 1 amide bonds. The van der Waals surface area contributed by atoms with Gasteiger partial charge < -0.3 is 29.1 Å². The van der Waals surface area contributed by atoms with Gasteiger partial charge in [-0.25, -0.2) is 31.9 Å². The van der Waals surface area contributed by atoms with E-state index in [1.807, 2.05) is 0 Å². The number of benzene rings is 2. The predicted molar refractivity (Wildman–Crippen MR) is 143 cm³/mol. The number of esters is 1. The average Bonchev–Trinajstić information content (AvgIpc) is 3.42. The molecule has 0 saturated carbocycles.